The topological polar surface area (TPSA) is 85.4 Å². The van der Waals surface area contributed by atoms with Gasteiger partial charge in [0.1, 0.15) is 0 Å². The Morgan fingerprint density at radius 2 is 1.81 bits per heavy atom. The molecule has 2 aromatic carbocycles. The Morgan fingerprint density at radius 1 is 1.00 bits per heavy atom. The molecule has 0 aliphatic carbocycles. The van der Waals surface area contributed by atoms with Gasteiger partial charge in [0.25, 0.3) is 5.91 Å². The van der Waals surface area contributed by atoms with E-state index in [-0.39, 0.29) is 18.4 Å². The highest BCUT2D eigenvalue weighted by Gasteiger charge is 2.15. The van der Waals surface area contributed by atoms with Crippen LogP contribution in [0.5, 0.6) is 11.5 Å². The molecule has 0 unspecified atom stereocenters. The van der Waals surface area contributed by atoms with E-state index < -0.39 is 0 Å². The predicted octanol–water partition coefficient (Wildman–Crippen LogP) is 4.16. The van der Waals surface area contributed by atoms with Crippen LogP contribution >= 0.6 is 11.6 Å². The summed E-state index contributed by atoms with van der Waals surface area (Å²) in [5, 5.41) is 14.5. The van der Waals surface area contributed by atoms with Gasteiger partial charge in [-0.3, -0.25) is 4.79 Å². The monoisotopic (exact) mass is 382 g/mol. The Kier molecular flexibility index (Phi) is 4.52. The summed E-state index contributed by atoms with van der Waals surface area (Å²) in [6, 6.07) is 14.0. The van der Waals surface area contributed by atoms with Gasteiger partial charge >= 0.3 is 0 Å². The summed E-state index contributed by atoms with van der Waals surface area (Å²) >= 11 is 6.11. The molecule has 3 aromatic rings. The van der Waals surface area contributed by atoms with Gasteiger partial charge in [0, 0.05) is 22.5 Å². The van der Waals surface area contributed by atoms with Crippen LogP contribution in [-0.4, -0.2) is 22.9 Å². The molecule has 0 bridgehead atoms. The van der Waals surface area contributed by atoms with Crippen LogP contribution in [0.1, 0.15) is 16.1 Å². The van der Waals surface area contributed by atoms with Crippen LogP contribution in [0.3, 0.4) is 0 Å². The summed E-state index contributed by atoms with van der Waals surface area (Å²) in [4.78, 5) is 12.3. The van der Waals surface area contributed by atoms with Crippen molar-refractivity contribution in [2.75, 3.05) is 17.4 Å². The van der Waals surface area contributed by atoms with Gasteiger partial charge in [0.15, 0.2) is 23.0 Å². The molecule has 0 spiro atoms. The maximum absolute atomic E-state index is 12.3. The number of hydrogen-bond donors (Lipinski definition) is 2. The minimum absolute atomic E-state index is 0.179. The number of aromatic nitrogens is 2. The normalized spacial score (nSPS) is 11.9. The van der Waals surface area contributed by atoms with Crippen LogP contribution in [0.4, 0.5) is 17.2 Å². The quantitative estimate of drug-likeness (QED) is 0.704. The van der Waals surface area contributed by atoms with E-state index in [4.69, 9.17) is 21.1 Å². The van der Waals surface area contributed by atoms with Gasteiger partial charge in [-0.15, -0.1) is 10.2 Å². The Hall–Kier alpha value is -3.32. The first kappa shape index (κ1) is 17.1. The van der Waals surface area contributed by atoms with Crippen molar-refractivity contribution < 1.29 is 14.3 Å². The molecule has 0 fully saturated rings. The number of nitrogens with zero attached hydrogens (tertiary/aromatic N) is 2. The number of benzene rings is 2. The van der Waals surface area contributed by atoms with E-state index in [1.54, 1.807) is 36.4 Å². The summed E-state index contributed by atoms with van der Waals surface area (Å²) in [5.74, 6) is 1.38. The number of nitrogens with one attached hydrogen (secondary N) is 2. The second kappa shape index (κ2) is 7.13. The van der Waals surface area contributed by atoms with E-state index in [1.807, 2.05) is 19.1 Å². The standard InChI is InChI=1S/C19H15ClN4O3/c1-11-2-3-12(8-14(11)20)21-18-7-5-15(23-24-18)19(25)22-13-4-6-16-17(9-13)27-10-26-16/h2-9H,10H2,1H3,(H,21,24)(H,22,25). The number of ether oxygens (including phenoxy) is 2. The second-order valence-electron chi connectivity index (χ2n) is 5.91. The molecule has 1 aliphatic heterocycles. The van der Waals surface area contributed by atoms with Gasteiger partial charge in [0.05, 0.1) is 0 Å². The molecule has 8 heteroatoms. The summed E-state index contributed by atoms with van der Waals surface area (Å²) in [6.45, 7) is 2.11. The zero-order chi connectivity index (χ0) is 18.8. The highest BCUT2D eigenvalue weighted by Crippen LogP contribution is 2.34. The van der Waals surface area contributed by atoms with Crippen molar-refractivity contribution in [2.45, 2.75) is 6.92 Å². The first-order chi connectivity index (χ1) is 13.1. The third kappa shape index (κ3) is 3.78. The van der Waals surface area contributed by atoms with Gasteiger partial charge in [0.2, 0.25) is 6.79 Å². The van der Waals surface area contributed by atoms with E-state index in [2.05, 4.69) is 20.8 Å². The number of carbonyl (C=O) groups excluding carboxylic acids is 1. The molecule has 27 heavy (non-hydrogen) atoms. The summed E-state index contributed by atoms with van der Waals surface area (Å²) in [6.07, 6.45) is 0. The molecule has 2 N–H and O–H groups in total. The van der Waals surface area contributed by atoms with Gasteiger partial charge in [-0.25, -0.2) is 0 Å². The SMILES string of the molecule is Cc1ccc(Nc2ccc(C(=O)Nc3ccc4c(c3)OCO4)nn2)cc1Cl. The largest absolute Gasteiger partial charge is 0.454 e. The Morgan fingerprint density at radius 3 is 2.59 bits per heavy atom. The fourth-order valence-corrected chi connectivity index (χ4v) is 2.69. The van der Waals surface area contributed by atoms with E-state index in [1.165, 1.54) is 0 Å². The van der Waals surface area contributed by atoms with Crippen LogP contribution in [0.25, 0.3) is 0 Å². The van der Waals surface area contributed by atoms with Crippen molar-refractivity contribution in [3.8, 4) is 11.5 Å². The lowest BCUT2D eigenvalue weighted by molar-refractivity contribution is 0.102. The number of amides is 1. The Balaban J connectivity index is 1.43. The zero-order valence-corrected chi connectivity index (χ0v) is 15.1. The average Bonchev–Trinajstić information content (AvgIpc) is 3.13. The molecule has 2 heterocycles. The number of halogens is 1. The van der Waals surface area contributed by atoms with Crippen molar-refractivity contribution in [2.24, 2.45) is 0 Å². The van der Waals surface area contributed by atoms with Gasteiger partial charge in [-0.05, 0) is 48.9 Å². The number of carbonyl (C=O) groups is 1. The summed E-state index contributed by atoms with van der Waals surface area (Å²) in [5.41, 5.74) is 2.56. The lowest BCUT2D eigenvalue weighted by Gasteiger charge is -2.08. The van der Waals surface area contributed by atoms with Crippen molar-refractivity contribution in [3.63, 3.8) is 0 Å². The van der Waals surface area contributed by atoms with Crippen molar-refractivity contribution in [1.82, 2.24) is 10.2 Å². The van der Waals surface area contributed by atoms with E-state index in [0.29, 0.717) is 28.0 Å². The maximum Gasteiger partial charge on any atom is 0.276 e. The molecule has 136 valence electrons. The molecule has 1 aromatic heterocycles. The van der Waals surface area contributed by atoms with E-state index in [0.717, 1.165) is 11.3 Å². The molecule has 0 saturated heterocycles. The van der Waals surface area contributed by atoms with Gasteiger partial charge < -0.3 is 20.1 Å². The lowest BCUT2D eigenvalue weighted by Crippen LogP contribution is -2.14. The first-order valence-electron chi connectivity index (χ1n) is 8.16. The molecule has 7 nitrogen and oxygen atoms in total. The maximum atomic E-state index is 12.3. The number of fused-ring (bicyclic) bond motifs is 1. The number of rotatable bonds is 4. The Bertz CT molecular complexity index is 1010. The molecular formula is C19H15ClN4O3. The van der Waals surface area contributed by atoms with Crippen LogP contribution in [0.15, 0.2) is 48.5 Å². The second-order valence-corrected chi connectivity index (χ2v) is 6.32. The van der Waals surface area contributed by atoms with Crippen LogP contribution < -0.4 is 20.1 Å². The average molecular weight is 383 g/mol. The highest BCUT2D eigenvalue weighted by molar-refractivity contribution is 6.31. The number of aryl methyl sites for hydroxylation is 1. The van der Waals surface area contributed by atoms with Crippen LogP contribution in [0, 0.1) is 6.92 Å². The van der Waals surface area contributed by atoms with Crippen molar-refractivity contribution in [1.29, 1.82) is 0 Å². The third-order valence-corrected chi connectivity index (χ3v) is 4.38. The number of hydrogen-bond acceptors (Lipinski definition) is 6. The van der Waals surface area contributed by atoms with E-state index in [9.17, 15) is 4.79 Å². The molecule has 0 radical (unpaired) electrons. The highest BCUT2D eigenvalue weighted by atomic mass is 35.5. The smallest absolute Gasteiger partial charge is 0.276 e. The molecule has 4 rings (SSSR count). The molecule has 0 atom stereocenters. The van der Waals surface area contributed by atoms with Crippen LogP contribution in [0.2, 0.25) is 5.02 Å². The van der Waals surface area contributed by atoms with E-state index >= 15 is 0 Å². The molecule has 0 saturated carbocycles. The first-order valence-corrected chi connectivity index (χ1v) is 8.54. The predicted molar refractivity (Wildman–Crippen MR) is 102 cm³/mol. The lowest BCUT2D eigenvalue weighted by atomic mass is 10.2. The molecular weight excluding hydrogens is 368 g/mol. The Labute approximate surface area is 160 Å². The van der Waals surface area contributed by atoms with Gasteiger partial charge in [-0.1, -0.05) is 17.7 Å². The van der Waals surface area contributed by atoms with Crippen molar-refractivity contribution >= 4 is 34.7 Å². The van der Waals surface area contributed by atoms with Gasteiger partial charge in [-0.2, -0.15) is 0 Å². The number of anilines is 3. The summed E-state index contributed by atoms with van der Waals surface area (Å²) < 4.78 is 10.5. The summed E-state index contributed by atoms with van der Waals surface area (Å²) in [7, 11) is 0. The molecule has 1 aliphatic rings. The minimum atomic E-state index is -0.369. The molecule has 1 amide bonds. The van der Waals surface area contributed by atoms with Crippen LogP contribution in [-0.2, 0) is 0 Å². The zero-order valence-electron chi connectivity index (χ0n) is 14.3. The fourth-order valence-electron chi connectivity index (χ4n) is 2.51. The fraction of sp³-hybridized carbons (Fsp3) is 0.105. The third-order valence-electron chi connectivity index (χ3n) is 3.97. The minimum Gasteiger partial charge on any atom is -0.454 e. The van der Waals surface area contributed by atoms with Crippen molar-refractivity contribution in [3.05, 3.63) is 64.8 Å².